The van der Waals surface area contributed by atoms with E-state index < -0.39 is 5.97 Å². The smallest absolute Gasteiger partial charge is 0.308 e. The van der Waals surface area contributed by atoms with E-state index in [1.165, 1.54) is 0 Å². The summed E-state index contributed by atoms with van der Waals surface area (Å²) in [6.07, 6.45) is 0.0650. The van der Waals surface area contributed by atoms with Crippen LogP contribution in [0.25, 0.3) is 0 Å². The number of hydrogen-bond acceptors (Lipinski definition) is 3. The van der Waals surface area contributed by atoms with Crippen LogP contribution in [-0.2, 0) is 9.53 Å². The van der Waals surface area contributed by atoms with Crippen molar-refractivity contribution in [1.82, 2.24) is 0 Å². The fourth-order valence-corrected chi connectivity index (χ4v) is 0.277. The van der Waals surface area contributed by atoms with Gasteiger partial charge in [-0.15, -0.1) is 0 Å². The molecule has 3 heteroatoms. The van der Waals surface area contributed by atoms with Crippen molar-refractivity contribution < 1.29 is 14.6 Å². The van der Waals surface area contributed by atoms with Gasteiger partial charge in [0.2, 0.25) is 0 Å². The maximum atomic E-state index is 10.2. The summed E-state index contributed by atoms with van der Waals surface area (Å²) >= 11 is 0. The van der Waals surface area contributed by atoms with Crippen LogP contribution in [0.5, 0.6) is 0 Å². The summed E-state index contributed by atoms with van der Waals surface area (Å²) in [5, 5.41) is 8.14. The van der Waals surface area contributed by atoms with Crippen molar-refractivity contribution in [2.45, 2.75) is 6.42 Å². The highest BCUT2D eigenvalue weighted by Gasteiger charge is 1.96. The number of carbonyl (C=O) groups excluding carboxylic acids is 1. The molecule has 0 spiro atoms. The van der Waals surface area contributed by atoms with E-state index in [1.54, 1.807) is 0 Å². The predicted molar refractivity (Wildman–Crippen MR) is 28.0 cm³/mol. The van der Waals surface area contributed by atoms with Gasteiger partial charge in [0.25, 0.3) is 0 Å². The van der Waals surface area contributed by atoms with Crippen molar-refractivity contribution in [3.63, 3.8) is 0 Å². The molecule has 0 aromatic carbocycles. The third-order valence-electron chi connectivity index (χ3n) is 0.579. The van der Waals surface area contributed by atoms with Crippen LogP contribution in [0, 0.1) is 6.92 Å². The van der Waals surface area contributed by atoms with Crippen molar-refractivity contribution >= 4 is 5.97 Å². The normalized spacial score (nSPS) is 8.75. The molecule has 1 radical (unpaired) electrons. The quantitative estimate of drug-likeness (QED) is 0.518. The van der Waals surface area contributed by atoms with Gasteiger partial charge in [-0.1, -0.05) is 0 Å². The molecule has 0 saturated carbocycles. The van der Waals surface area contributed by atoms with E-state index in [1.807, 2.05) is 0 Å². The Labute approximate surface area is 48.3 Å². The molecule has 47 valence electrons. The Bertz CT molecular complexity index is 62.1. The Morgan fingerprint density at radius 2 is 2.38 bits per heavy atom. The highest BCUT2D eigenvalue weighted by molar-refractivity contribution is 5.69. The highest BCUT2D eigenvalue weighted by atomic mass is 16.5. The fourth-order valence-electron chi connectivity index (χ4n) is 0.277. The molecular formula is C5H9O3. The molecule has 0 aliphatic rings. The second-order valence-electron chi connectivity index (χ2n) is 1.19. The van der Waals surface area contributed by atoms with E-state index in [0.29, 0.717) is 0 Å². The number of rotatable bonds is 3. The number of aliphatic hydroxyl groups is 1. The van der Waals surface area contributed by atoms with E-state index in [2.05, 4.69) is 11.7 Å². The maximum Gasteiger partial charge on any atom is 0.308 e. The van der Waals surface area contributed by atoms with Crippen LogP contribution in [0.15, 0.2) is 0 Å². The Kier molecular flexibility index (Phi) is 4.26. The SMILES string of the molecule is [CH2]COC(=O)CCO. The molecule has 8 heavy (non-hydrogen) atoms. The zero-order valence-corrected chi connectivity index (χ0v) is 4.59. The van der Waals surface area contributed by atoms with Gasteiger partial charge in [-0.2, -0.15) is 0 Å². The van der Waals surface area contributed by atoms with Crippen LogP contribution in [0.4, 0.5) is 0 Å². The molecule has 0 saturated heterocycles. The molecule has 3 nitrogen and oxygen atoms in total. The van der Waals surface area contributed by atoms with Crippen molar-refractivity contribution in [2.75, 3.05) is 13.2 Å². The molecule has 0 aromatic heterocycles. The molecule has 0 unspecified atom stereocenters. The van der Waals surface area contributed by atoms with Crippen LogP contribution >= 0.6 is 0 Å². The first-order chi connectivity index (χ1) is 3.81. The number of esters is 1. The molecule has 0 rings (SSSR count). The van der Waals surface area contributed by atoms with Crippen LogP contribution < -0.4 is 0 Å². The predicted octanol–water partition coefficient (Wildman–Crippen LogP) is -0.254. The van der Waals surface area contributed by atoms with Crippen molar-refractivity contribution in [1.29, 1.82) is 0 Å². The molecule has 0 aromatic rings. The van der Waals surface area contributed by atoms with Gasteiger partial charge < -0.3 is 9.84 Å². The van der Waals surface area contributed by atoms with Gasteiger partial charge in [0.15, 0.2) is 0 Å². The molecule has 0 fully saturated rings. The van der Waals surface area contributed by atoms with Crippen LogP contribution in [-0.4, -0.2) is 24.3 Å². The molecule has 0 amide bonds. The lowest BCUT2D eigenvalue weighted by atomic mass is 10.5. The third-order valence-corrected chi connectivity index (χ3v) is 0.579. The monoisotopic (exact) mass is 117 g/mol. The molecule has 0 aliphatic carbocycles. The number of aliphatic hydroxyl groups excluding tert-OH is 1. The Balaban J connectivity index is 3.06. The molecule has 0 atom stereocenters. The van der Waals surface area contributed by atoms with Gasteiger partial charge in [0.1, 0.15) is 0 Å². The topological polar surface area (TPSA) is 46.5 Å². The van der Waals surface area contributed by atoms with E-state index in [-0.39, 0.29) is 19.6 Å². The number of ether oxygens (including phenoxy) is 1. The minimum absolute atomic E-state index is 0.0650. The van der Waals surface area contributed by atoms with Crippen molar-refractivity contribution in [2.24, 2.45) is 0 Å². The summed E-state index contributed by atoms with van der Waals surface area (Å²) in [5.41, 5.74) is 0. The van der Waals surface area contributed by atoms with Gasteiger partial charge in [-0.25, -0.2) is 0 Å². The first-order valence-electron chi connectivity index (χ1n) is 2.37. The second-order valence-corrected chi connectivity index (χ2v) is 1.19. The largest absolute Gasteiger partial charge is 0.466 e. The van der Waals surface area contributed by atoms with Crippen molar-refractivity contribution in [3.05, 3.63) is 6.92 Å². The number of carbonyl (C=O) groups is 1. The first-order valence-corrected chi connectivity index (χ1v) is 2.37. The van der Waals surface area contributed by atoms with Gasteiger partial charge >= 0.3 is 5.97 Å². The average molecular weight is 117 g/mol. The van der Waals surface area contributed by atoms with Gasteiger partial charge in [0, 0.05) is 0 Å². The Morgan fingerprint density at radius 3 is 2.75 bits per heavy atom. The van der Waals surface area contributed by atoms with Crippen molar-refractivity contribution in [3.8, 4) is 0 Å². The summed E-state index contributed by atoms with van der Waals surface area (Å²) in [7, 11) is 0. The van der Waals surface area contributed by atoms with Gasteiger partial charge in [-0.05, 0) is 6.92 Å². The molecule has 0 aliphatic heterocycles. The Morgan fingerprint density at radius 1 is 1.75 bits per heavy atom. The summed E-state index contributed by atoms with van der Waals surface area (Å²) in [5.74, 6) is -0.400. The van der Waals surface area contributed by atoms with Crippen LogP contribution in [0.3, 0.4) is 0 Å². The van der Waals surface area contributed by atoms with Gasteiger partial charge in [-0.3, -0.25) is 4.79 Å². The maximum absolute atomic E-state index is 10.2. The highest BCUT2D eigenvalue weighted by Crippen LogP contribution is 1.81. The van der Waals surface area contributed by atoms with E-state index >= 15 is 0 Å². The molecular weight excluding hydrogens is 108 g/mol. The lowest BCUT2D eigenvalue weighted by molar-refractivity contribution is -0.143. The minimum atomic E-state index is -0.400. The average Bonchev–Trinajstić information content (AvgIpc) is 1.68. The molecule has 1 N–H and O–H groups in total. The zero-order chi connectivity index (χ0) is 6.41. The lowest BCUT2D eigenvalue weighted by Gasteiger charge is -1.95. The summed E-state index contributed by atoms with van der Waals surface area (Å²) in [6, 6.07) is 0. The van der Waals surface area contributed by atoms with Gasteiger partial charge in [0.05, 0.1) is 19.6 Å². The van der Waals surface area contributed by atoms with E-state index in [9.17, 15) is 4.79 Å². The molecule has 0 heterocycles. The second kappa shape index (κ2) is 4.59. The standard InChI is InChI=1S/C5H9O3/c1-2-8-5(7)3-4-6/h6H,1-4H2. The molecule has 0 bridgehead atoms. The van der Waals surface area contributed by atoms with E-state index in [4.69, 9.17) is 5.11 Å². The summed E-state index contributed by atoms with van der Waals surface area (Å²) < 4.78 is 4.37. The minimum Gasteiger partial charge on any atom is -0.466 e. The third kappa shape index (κ3) is 3.61. The summed E-state index contributed by atoms with van der Waals surface area (Å²) in [6.45, 7) is 3.27. The Hall–Kier alpha value is -0.570. The number of hydrogen-bond donors (Lipinski definition) is 1. The van der Waals surface area contributed by atoms with Crippen LogP contribution in [0.2, 0.25) is 0 Å². The van der Waals surface area contributed by atoms with Crippen LogP contribution in [0.1, 0.15) is 6.42 Å². The first kappa shape index (κ1) is 7.43. The zero-order valence-electron chi connectivity index (χ0n) is 4.59. The fraction of sp³-hybridized carbons (Fsp3) is 0.600. The lowest BCUT2D eigenvalue weighted by Crippen LogP contribution is -2.05. The van der Waals surface area contributed by atoms with E-state index in [0.717, 1.165) is 0 Å². The summed E-state index contributed by atoms with van der Waals surface area (Å²) in [4.78, 5) is 10.2.